The van der Waals surface area contributed by atoms with Crippen LogP contribution in [0.3, 0.4) is 0 Å². The highest BCUT2D eigenvalue weighted by Gasteiger charge is 2.26. The third-order valence-electron chi connectivity index (χ3n) is 2.62. The molecule has 116 valence electrons. The lowest BCUT2D eigenvalue weighted by molar-refractivity contribution is -0.165. The topological polar surface area (TPSA) is 44.8 Å². The molecule has 0 fully saturated rings. The van der Waals surface area contributed by atoms with E-state index in [1.807, 2.05) is 0 Å². The van der Waals surface area contributed by atoms with Gasteiger partial charge in [-0.05, 0) is 31.2 Å². The summed E-state index contributed by atoms with van der Waals surface area (Å²) in [6.45, 7) is 1.68. The largest absolute Gasteiger partial charge is 0.460 e. The molecule has 6 heteroatoms. The number of carbonyl (C=O) groups is 1. The molecule has 4 nitrogen and oxygen atoms in total. The molecule has 0 heterocycles. The summed E-state index contributed by atoms with van der Waals surface area (Å²) >= 11 is 0. The van der Waals surface area contributed by atoms with Crippen LogP contribution in [-0.2, 0) is 9.53 Å². The summed E-state index contributed by atoms with van der Waals surface area (Å²) in [4.78, 5) is 11.9. The van der Waals surface area contributed by atoms with Crippen molar-refractivity contribution in [2.75, 3.05) is 6.61 Å². The predicted octanol–water partition coefficient (Wildman–Crippen LogP) is 3.31. The van der Waals surface area contributed by atoms with Crippen molar-refractivity contribution in [2.24, 2.45) is 0 Å². The molecular formula is C16H14F2O4. The van der Waals surface area contributed by atoms with Crippen molar-refractivity contribution in [1.82, 2.24) is 0 Å². The highest BCUT2D eigenvalue weighted by molar-refractivity contribution is 5.74. The molecule has 0 aliphatic carbocycles. The number of carbonyl (C=O) groups excluding carboxylic acids is 1. The van der Waals surface area contributed by atoms with Crippen LogP contribution in [-0.4, -0.2) is 18.9 Å². The number of ether oxygens (including phenoxy) is 3. The molecule has 2 aromatic carbocycles. The minimum Gasteiger partial charge on any atom is -0.460 e. The number of para-hydroxylation sites is 2. The molecule has 0 atom stereocenters. The highest BCUT2D eigenvalue weighted by Crippen LogP contribution is 2.21. The quantitative estimate of drug-likeness (QED) is 0.606. The number of hydrogen-bond donors (Lipinski definition) is 0. The standard InChI is InChI=1S/C16H14F2O4/c1-2-20-15(19)16(21-13-9-5-3-7-11(13)17)22-14-10-6-4-8-12(14)18/h3-10,16H,2H2,1H3. The average molecular weight is 308 g/mol. The molecule has 22 heavy (non-hydrogen) atoms. The second-order valence-corrected chi connectivity index (χ2v) is 4.18. The van der Waals surface area contributed by atoms with Gasteiger partial charge in [-0.15, -0.1) is 0 Å². The fraction of sp³-hybridized carbons (Fsp3) is 0.188. The maximum absolute atomic E-state index is 13.6. The molecule has 0 radical (unpaired) electrons. The molecule has 0 amide bonds. The first kappa shape index (κ1) is 15.8. The first-order valence-electron chi connectivity index (χ1n) is 6.61. The zero-order valence-corrected chi connectivity index (χ0v) is 11.8. The van der Waals surface area contributed by atoms with Crippen LogP contribution >= 0.6 is 0 Å². The number of esters is 1. The smallest absolute Gasteiger partial charge is 0.389 e. The zero-order valence-electron chi connectivity index (χ0n) is 11.8. The summed E-state index contributed by atoms with van der Waals surface area (Å²) in [5.41, 5.74) is 0. The second kappa shape index (κ2) is 7.40. The normalized spacial score (nSPS) is 10.4. The van der Waals surface area contributed by atoms with Crippen molar-refractivity contribution in [2.45, 2.75) is 13.2 Å². The number of rotatable bonds is 6. The number of halogens is 2. The first-order valence-corrected chi connectivity index (χ1v) is 6.61. The summed E-state index contributed by atoms with van der Waals surface area (Å²) in [7, 11) is 0. The van der Waals surface area contributed by atoms with Crippen molar-refractivity contribution < 1.29 is 27.8 Å². The van der Waals surface area contributed by atoms with Gasteiger partial charge in [0.05, 0.1) is 6.61 Å². The summed E-state index contributed by atoms with van der Waals surface area (Å²) in [6.07, 6.45) is -1.62. The third-order valence-corrected chi connectivity index (χ3v) is 2.62. The summed E-state index contributed by atoms with van der Waals surface area (Å²) in [5.74, 6) is -2.62. The van der Waals surface area contributed by atoms with Crippen LogP contribution in [0.1, 0.15) is 6.92 Å². The van der Waals surface area contributed by atoms with Gasteiger partial charge >= 0.3 is 12.3 Å². The highest BCUT2D eigenvalue weighted by atomic mass is 19.1. The Bertz CT molecular complexity index is 598. The van der Waals surface area contributed by atoms with Crippen molar-refractivity contribution in [3.8, 4) is 11.5 Å². The van der Waals surface area contributed by atoms with Crippen molar-refractivity contribution in [1.29, 1.82) is 0 Å². The Labute approximate surface area is 126 Å². The maximum Gasteiger partial charge on any atom is 0.389 e. The van der Waals surface area contributed by atoms with Gasteiger partial charge in [-0.3, -0.25) is 0 Å². The van der Waals surface area contributed by atoms with Gasteiger partial charge in [-0.1, -0.05) is 24.3 Å². The Morgan fingerprint density at radius 2 is 1.41 bits per heavy atom. The summed E-state index contributed by atoms with van der Waals surface area (Å²) < 4.78 is 42.4. The molecule has 2 rings (SSSR count). The fourth-order valence-corrected chi connectivity index (χ4v) is 1.64. The molecule has 0 unspecified atom stereocenters. The van der Waals surface area contributed by atoms with E-state index in [2.05, 4.69) is 0 Å². The van der Waals surface area contributed by atoms with Gasteiger partial charge in [-0.2, -0.15) is 0 Å². The Balaban J connectivity index is 2.21. The monoisotopic (exact) mass is 308 g/mol. The van der Waals surface area contributed by atoms with Crippen LogP contribution in [0.2, 0.25) is 0 Å². The number of benzene rings is 2. The summed E-state index contributed by atoms with van der Waals surface area (Å²) in [6, 6.07) is 11.0. The van der Waals surface area contributed by atoms with Crippen molar-refractivity contribution in [3.05, 3.63) is 60.2 Å². The molecule has 0 saturated carbocycles. The van der Waals surface area contributed by atoms with E-state index in [1.54, 1.807) is 6.92 Å². The van der Waals surface area contributed by atoms with Crippen molar-refractivity contribution >= 4 is 5.97 Å². The van der Waals surface area contributed by atoms with Crippen LogP contribution in [0, 0.1) is 11.6 Å². The second-order valence-electron chi connectivity index (χ2n) is 4.18. The summed E-state index contributed by atoms with van der Waals surface area (Å²) in [5, 5.41) is 0. The predicted molar refractivity (Wildman–Crippen MR) is 74.5 cm³/mol. The van der Waals surface area contributed by atoms with E-state index in [4.69, 9.17) is 14.2 Å². The lowest BCUT2D eigenvalue weighted by Gasteiger charge is -2.19. The number of hydrogen-bond acceptors (Lipinski definition) is 4. The van der Waals surface area contributed by atoms with E-state index >= 15 is 0 Å². The van der Waals surface area contributed by atoms with Gasteiger partial charge in [0.15, 0.2) is 23.1 Å². The zero-order chi connectivity index (χ0) is 15.9. The Morgan fingerprint density at radius 1 is 0.955 bits per heavy atom. The molecule has 0 spiro atoms. The maximum atomic E-state index is 13.6. The van der Waals surface area contributed by atoms with Gasteiger partial charge in [0.1, 0.15) is 0 Å². The van der Waals surface area contributed by atoms with E-state index in [-0.39, 0.29) is 18.1 Å². The Hall–Kier alpha value is -2.63. The van der Waals surface area contributed by atoms with Crippen LogP contribution in [0.4, 0.5) is 8.78 Å². The van der Waals surface area contributed by atoms with Gasteiger partial charge in [0.25, 0.3) is 0 Å². The minimum absolute atomic E-state index is 0.0800. The van der Waals surface area contributed by atoms with Crippen LogP contribution in [0.25, 0.3) is 0 Å². The van der Waals surface area contributed by atoms with Crippen molar-refractivity contribution in [3.63, 3.8) is 0 Å². The molecule has 0 N–H and O–H groups in total. The first-order chi connectivity index (χ1) is 10.6. The van der Waals surface area contributed by atoms with E-state index in [0.717, 1.165) is 0 Å². The molecular weight excluding hydrogens is 294 g/mol. The Morgan fingerprint density at radius 3 is 1.82 bits per heavy atom. The Kier molecular flexibility index (Phi) is 5.30. The van der Waals surface area contributed by atoms with E-state index in [1.165, 1.54) is 48.5 Å². The third kappa shape index (κ3) is 3.94. The van der Waals surface area contributed by atoms with E-state index in [9.17, 15) is 13.6 Å². The van der Waals surface area contributed by atoms with Crippen LogP contribution in [0.5, 0.6) is 11.5 Å². The minimum atomic E-state index is -1.62. The lowest BCUT2D eigenvalue weighted by atomic mass is 10.3. The van der Waals surface area contributed by atoms with Gasteiger partial charge in [0, 0.05) is 0 Å². The lowest BCUT2D eigenvalue weighted by Crippen LogP contribution is -2.35. The molecule has 0 saturated heterocycles. The van der Waals surface area contributed by atoms with Gasteiger partial charge < -0.3 is 14.2 Å². The fourth-order valence-electron chi connectivity index (χ4n) is 1.64. The molecule has 0 aliphatic rings. The molecule has 0 aromatic heterocycles. The molecule has 2 aromatic rings. The van der Waals surface area contributed by atoms with E-state index < -0.39 is 23.9 Å². The molecule has 0 bridgehead atoms. The van der Waals surface area contributed by atoms with Crippen LogP contribution < -0.4 is 9.47 Å². The van der Waals surface area contributed by atoms with Crippen LogP contribution in [0.15, 0.2) is 48.5 Å². The average Bonchev–Trinajstić information content (AvgIpc) is 2.51. The van der Waals surface area contributed by atoms with E-state index in [0.29, 0.717) is 0 Å². The SMILES string of the molecule is CCOC(=O)C(Oc1ccccc1F)Oc1ccccc1F. The molecule has 0 aliphatic heterocycles. The van der Waals surface area contributed by atoms with Gasteiger partial charge in [-0.25, -0.2) is 13.6 Å². The van der Waals surface area contributed by atoms with Gasteiger partial charge in [0.2, 0.25) is 0 Å².